The van der Waals surface area contributed by atoms with E-state index in [-0.39, 0.29) is 11.3 Å². The monoisotopic (exact) mass is 327 g/mol. The van der Waals surface area contributed by atoms with E-state index in [1.165, 1.54) is 0 Å². The number of nitrogens with zero attached hydrogens (tertiary/aromatic N) is 1. The third-order valence-corrected chi connectivity index (χ3v) is 5.19. The zero-order chi connectivity index (χ0) is 14.1. The van der Waals surface area contributed by atoms with E-state index in [4.69, 9.17) is 27.6 Å². The highest BCUT2D eigenvalue weighted by Crippen LogP contribution is 2.43. The Morgan fingerprint density at radius 1 is 1.30 bits per heavy atom. The fraction of sp³-hybridized carbons (Fsp3) is 0.214. The fourth-order valence-electron chi connectivity index (χ4n) is 2.16. The van der Waals surface area contributed by atoms with Crippen molar-refractivity contribution < 1.29 is 9.21 Å². The van der Waals surface area contributed by atoms with Crippen LogP contribution in [0.4, 0.5) is 0 Å². The number of hydrogen-bond donors (Lipinski definition) is 0. The minimum atomic E-state index is -0.126. The summed E-state index contributed by atoms with van der Waals surface area (Å²) in [5.41, 5.74) is 0.863. The molecule has 1 aliphatic heterocycles. The molecule has 1 aliphatic rings. The van der Waals surface area contributed by atoms with Gasteiger partial charge in [0.2, 0.25) is 5.91 Å². The Kier molecular flexibility index (Phi) is 3.96. The molecule has 0 spiro atoms. The van der Waals surface area contributed by atoms with Crippen molar-refractivity contribution in [1.82, 2.24) is 4.90 Å². The Labute approximate surface area is 130 Å². The van der Waals surface area contributed by atoms with Crippen molar-refractivity contribution in [2.75, 3.05) is 5.75 Å². The molecule has 1 aromatic heterocycles. The van der Waals surface area contributed by atoms with Crippen molar-refractivity contribution in [3.63, 3.8) is 0 Å². The Balaban J connectivity index is 1.91. The Morgan fingerprint density at radius 2 is 2.15 bits per heavy atom. The van der Waals surface area contributed by atoms with Gasteiger partial charge in [-0.05, 0) is 18.2 Å². The van der Waals surface area contributed by atoms with E-state index in [1.807, 2.05) is 24.3 Å². The molecule has 0 radical (unpaired) electrons. The van der Waals surface area contributed by atoms with E-state index >= 15 is 0 Å². The highest BCUT2D eigenvalue weighted by atomic mass is 35.5. The topological polar surface area (TPSA) is 33.5 Å². The molecule has 104 valence electrons. The number of carbonyl (C=O) groups excluding carboxylic acids is 1. The molecule has 0 saturated carbocycles. The van der Waals surface area contributed by atoms with Gasteiger partial charge in [-0.15, -0.1) is 11.8 Å². The van der Waals surface area contributed by atoms with Gasteiger partial charge in [0.25, 0.3) is 0 Å². The van der Waals surface area contributed by atoms with E-state index in [1.54, 1.807) is 29.0 Å². The summed E-state index contributed by atoms with van der Waals surface area (Å²) in [5, 5.41) is 0.881. The maximum Gasteiger partial charge on any atom is 0.234 e. The van der Waals surface area contributed by atoms with E-state index in [0.29, 0.717) is 22.3 Å². The highest BCUT2D eigenvalue weighted by Gasteiger charge is 2.34. The van der Waals surface area contributed by atoms with E-state index in [0.717, 1.165) is 11.3 Å². The summed E-state index contributed by atoms with van der Waals surface area (Å²) in [6.07, 6.45) is 1.60. The van der Waals surface area contributed by atoms with Crippen molar-refractivity contribution in [2.24, 2.45) is 0 Å². The van der Waals surface area contributed by atoms with Gasteiger partial charge in [-0.2, -0.15) is 0 Å². The SMILES string of the molecule is O=C1CS[C@H](c2cccc(Cl)c2Cl)N1Cc1ccco1. The van der Waals surface area contributed by atoms with Crippen LogP contribution in [0.15, 0.2) is 41.0 Å². The van der Waals surface area contributed by atoms with Crippen molar-refractivity contribution in [2.45, 2.75) is 11.9 Å². The molecule has 1 atom stereocenters. The zero-order valence-corrected chi connectivity index (χ0v) is 12.7. The van der Waals surface area contributed by atoms with Gasteiger partial charge in [0.05, 0.1) is 28.6 Å². The first kappa shape index (κ1) is 13.9. The molecule has 3 rings (SSSR count). The summed E-state index contributed by atoms with van der Waals surface area (Å²) in [5.74, 6) is 1.27. The van der Waals surface area contributed by atoms with E-state index in [2.05, 4.69) is 0 Å². The Morgan fingerprint density at radius 3 is 2.90 bits per heavy atom. The van der Waals surface area contributed by atoms with Gasteiger partial charge >= 0.3 is 0 Å². The first-order valence-electron chi connectivity index (χ1n) is 6.04. The number of furan rings is 1. The summed E-state index contributed by atoms with van der Waals surface area (Å²) in [6, 6.07) is 9.15. The number of rotatable bonds is 3. The number of hydrogen-bond acceptors (Lipinski definition) is 3. The van der Waals surface area contributed by atoms with Gasteiger partial charge in [0.1, 0.15) is 11.1 Å². The maximum atomic E-state index is 12.1. The van der Waals surface area contributed by atoms with Crippen LogP contribution >= 0.6 is 35.0 Å². The second-order valence-electron chi connectivity index (χ2n) is 4.41. The predicted molar refractivity (Wildman–Crippen MR) is 80.9 cm³/mol. The van der Waals surface area contributed by atoms with Crippen molar-refractivity contribution in [3.05, 3.63) is 58.0 Å². The molecule has 2 aromatic rings. The number of halogens is 2. The first-order valence-corrected chi connectivity index (χ1v) is 7.84. The molecule has 6 heteroatoms. The third-order valence-electron chi connectivity index (χ3n) is 3.12. The molecule has 3 nitrogen and oxygen atoms in total. The summed E-state index contributed by atoms with van der Waals surface area (Å²) >= 11 is 13.9. The van der Waals surface area contributed by atoms with Gasteiger partial charge in [-0.3, -0.25) is 4.79 Å². The summed E-state index contributed by atoms with van der Waals surface area (Å²) in [4.78, 5) is 13.8. The van der Waals surface area contributed by atoms with Crippen LogP contribution in [-0.2, 0) is 11.3 Å². The molecule has 20 heavy (non-hydrogen) atoms. The largest absolute Gasteiger partial charge is 0.467 e. The molecule has 1 saturated heterocycles. The second-order valence-corrected chi connectivity index (χ2v) is 6.26. The minimum Gasteiger partial charge on any atom is -0.467 e. The van der Waals surface area contributed by atoms with E-state index in [9.17, 15) is 4.79 Å². The molecular formula is C14H11Cl2NO2S. The number of amides is 1. The Hall–Kier alpha value is -1.10. The number of carbonyl (C=O) groups is 1. The van der Waals surface area contributed by atoms with Crippen LogP contribution in [0.3, 0.4) is 0 Å². The molecule has 1 amide bonds. The summed E-state index contributed by atoms with van der Waals surface area (Å²) < 4.78 is 5.32. The summed E-state index contributed by atoms with van der Waals surface area (Å²) in [7, 11) is 0. The second kappa shape index (κ2) is 5.72. The maximum absolute atomic E-state index is 12.1. The molecule has 0 N–H and O–H groups in total. The highest BCUT2D eigenvalue weighted by molar-refractivity contribution is 8.00. The molecule has 0 unspecified atom stereocenters. The zero-order valence-electron chi connectivity index (χ0n) is 10.4. The van der Waals surface area contributed by atoms with E-state index < -0.39 is 0 Å². The average molecular weight is 328 g/mol. The third kappa shape index (κ3) is 2.55. The van der Waals surface area contributed by atoms with Crippen LogP contribution < -0.4 is 0 Å². The molecule has 1 aromatic carbocycles. The Bertz CT molecular complexity index is 630. The van der Waals surface area contributed by atoms with Gasteiger partial charge in [-0.25, -0.2) is 0 Å². The lowest BCUT2D eigenvalue weighted by molar-refractivity contribution is -0.128. The lowest BCUT2D eigenvalue weighted by atomic mass is 10.2. The van der Waals surface area contributed by atoms with Crippen LogP contribution in [-0.4, -0.2) is 16.6 Å². The fourth-order valence-corrected chi connectivity index (χ4v) is 3.85. The molecular weight excluding hydrogens is 317 g/mol. The van der Waals surface area contributed by atoms with Gasteiger partial charge in [0, 0.05) is 5.56 Å². The minimum absolute atomic E-state index is 0.0763. The first-order chi connectivity index (χ1) is 9.66. The smallest absolute Gasteiger partial charge is 0.234 e. The molecule has 2 heterocycles. The molecule has 0 aliphatic carbocycles. The molecule has 0 bridgehead atoms. The normalized spacial score (nSPS) is 18.8. The quantitative estimate of drug-likeness (QED) is 0.839. The van der Waals surface area contributed by atoms with Crippen LogP contribution in [0, 0.1) is 0 Å². The van der Waals surface area contributed by atoms with Crippen LogP contribution in [0.5, 0.6) is 0 Å². The van der Waals surface area contributed by atoms with Crippen molar-refractivity contribution >= 4 is 40.9 Å². The predicted octanol–water partition coefficient (Wildman–Crippen LogP) is 4.36. The lowest BCUT2D eigenvalue weighted by Crippen LogP contribution is -2.27. The lowest BCUT2D eigenvalue weighted by Gasteiger charge is -2.24. The molecule has 1 fully saturated rings. The average Bonchev–Trinajstić information content (AvgIpc) is 3.06. The van der Waals surface area contributed by atoms with Crippen LogP contribution in [0.25, 0.3) is 0 Å². The summed E-state index contributed by atoms with van der Waals surface area (Å²) in [6.45, 7) is 0.437. The van der Waals surface area contributed by atoms with Gasteiger partial charge < -0.3 is 9.32 Å². The van der Waals surface area contributed by atoms with Gasteiger partial charge in [0.15, 0.2) is 0 Å². The van der Waals surface area contributed by atoms with Gasteiger partial charge in [-0.1, -0.05) is 35.3 Å². The van der Waals surface area contributed by atoms with Crippen molar-refractivity contribution in [3.8, 4) is 0 Å². The number of thioether (sulfide) groups is 1. The van der Waals surface area contributed by atoms with Crippen LogP contribution in [0.2, 0.25) is 10.0 Å². The standard InChI is InChI=1S/C14H11Cl2NO2S/c15-11-5-1-4-10(13(11)16)14-17(12(18)8-20-14)7-9-3-2-6-19-9/h1-6,14H,7-8H2/t14-/m1/s1. The van der Waals surface area contributed by atoms with Crippen LogP contribution in [0.1, 0.15) is 16.7 Å². The number of benzene rings is 1. The van der Waals surface area contributed by atoms with Crippen molar-refractivity contribution in [1.29, 1.82) is 0 Å².